The lowest BCUT2D eigenvalue weighted by Crippen LogP contribution is -2.32. The van der Waals surface area contributed by atoms with Crippen molar-refractivity contribution in [2.45, 2.75) is 46.0 Å². The van der Waals surface area contributed by atoms with Crippen LogP contribution in [0.2, 0.25) is 0 Å². The normalized spacial score (nSPS) is 14.7. The van der Waals surface area contributed by atoms with Gasteiger partial charge in [0.1, 0.15) is 10.8 Å². The largest absolute Gasteiger partial charge is 0.494 e. The molecule has 0 atom stereocenters. The minimum absolute atomic E-state index is 0.0118. The number of carbonyl (C=O) groups excluding carboxylic acids is 2. The number of imide groups is 1. The molecule has 5 heteroatoms. The second-order valence-corrected chi connectivity index (χ2v) is 6.26. The monoisotopic (exact) mass is 349 g/mol. The van der Waals surface area contributed by atoms with Crippen LogP contribution in [0.3, 0.4) is 0 Å². The van der Waals surface area contributed by atoms with Gasteiger partial charge in [-0.2, -0.15) is 0 Å². The van der Waals surface area contributed by atoms with Gasteiger partial charge in [0.2, 0.25) is 0 Å². The number of rotatable bonds is 9. The summed E-state index contributed by atoms with van der Waals surface area (Å²) >= 11 is 6.15. The molecule has 0 radical (unpaired) electrons. The standard InChI is InChI=1S/C19H24ClNO3/c1-3-5-6-7-12-21-18(22)16(17(20)19(21)23)14-8-10-15(11-9-14)24-13-4-2/h8-11H,3-7,12-13H2,1-2H3. The molecule has 2 rings (SSSR count). The highest BCUT2D eigenvalue weighted by Gasteiger charge is 2.37. The molecule has 0 unspecified atom stereocenters. The number of nitrogens with zero attached hydrogens (tertiary/aromatic N) is 1. The zero-order valence-electron chi connectivity index (χ0n) is 14.3. The molecule has 0 fully saturated rings. The number of amides is 2. The van der Waals surface area contributed by atoms with Crippen molar-refractivity contribution < 1.29 is 14.3 Å². The van der Waals surface area contributed by atoms with E-state index in [1.54, 1.807) is 24.3 Å². The van der Waals surface area contributed by atoms with E-state index in [0.717, 1.165) is 37.9 Å². The van der Waals surface area contributed by atoms with Gasteiger partial charge in [0.15, 0.2) is 0 Å². The second kappa shape index (κ2) is 8.88. The molecule has 0 saturated heterocycles. The topological polar surface area (TPSA) is 46.6 Å². The van der Waals surface area contributed by atoms with Gasteiger partial charge in [0.05, 0.1) is 12.2 Å². The Morgan fingerprint density at radius 1 is 0.958 bits per heavy atom. The Morgan fingerprint density at radius 2 is 1.67 bits per heavy atom. The van der Waals surface area contributed by atoms with Crippen LogP contribution < -0.4 is 4.74 Å². The molecule has 1 heterocycles. The van der Waals surface area contributed by atoms with E-state index in [4.69, 9.17) is 16.3 Å². The molecule has 0 aliphatic carbocycles. The number of halogens is 1. The lowest BCUT2D eigenvalue weighted by atomic mass is 10.1. The summed E-state index contributed by atoms with van der Waals surface area (Å²) in [4.78, 5) is 26.1. The lowest BCUT2D eigenvalue weighted by Gasteiger charge is -2.14. The van der Waals surface area contributed by atoms with Gasteiger partial charge >= 0.3 is 0 Å². The number of unbranched alkanes of at least 4 members (excludes halogenated alkanes) is 3. The number of hydrogen-bond acceptors (Lipinski definition) is 3. The van der Waals surface area contributed by atoms with E-state index >= 15 is 0 Å². The summed E-state index contributed by atoms with van der Waals surface area (Å²) < 4.78 is 5.53. The van der Waals surface area contributed by atoms with Crippen molar-refractivity contribution in [2.24, 2.45) is 0 Å². The zero-order chi connectivity index (χ0) is 17.5. The molecule has 1 aromatic rings. The summed E-state index contributed by atoms with van der Waals surface area (Å²) in [6.45, 7) is 5.23. The maximum Gasteiger partial charge on any atom is 0.273 e. The van der Waals surface area contributed by atoms with Crippen LogP contribution in [0.5, 0.6) is 5.75 Å². The summed E-state index contributed by atoms with van der Waals surface area (Å²) in [6.07, 6.45) is 4.96. The predicted molar refractivity (Wildman–Crippen MR) is 95.9 cm³/mol. The first-order valence-corrected chi connectivity index (χ1v) is 8.97. The SMILES string of the molecule is CCCCCCN1C(=O)C(Cl)=C(c2ccc(OCCC)cc2)C1=O. The first kappa shape index (κ1) is 18.5. The molecule has 24 heavy (non-hydrogen) atoms. The molecule has 0 aromatic heterocycles. The predicted octanol–water partition coefficient (Wildman–Crippen LogP) is 4.37. The Labute approximate surface area is 148 Å². The number of hydrogen-bond donors (Lipinski definition) is 0. The maximum atomic E-state index is 12.6. The van der Waals surface area contributed by atoms with Crippen LogP contribution in [0.25, 0.3) is 5.57 Å². The first-order valence-electron chi connectivity index (χ1n) is 8.59. The smallest absolute Gasteiger partial charge is 0.273 e. The summed E-state index contributed by atoms with van der Waals surface area (Å²) in [5.41, 5.74) is 0.942. The summed E-state index contributed by atoms with van der Waals surface area (Å²) in [6, 6.07) is 7.14. The average molecular weight is 350 g/mol. The fraction of sp³-hybridized carbons (Fsp3) is 0.474. The summed E-state index contributed by atoms with van der Waals surface area (Å²) in [5, 5.41) is 0.0118. The van der Waals surface area contributed by atoms with Gasteiger partial charge in [0.25, 0.3) is 11.8 Å². The van der Waals surface area contributed by atoms with E-state index in [0.29, 0.717) is 24.3 Å². The van der Waals surface area contributed by atoms with Crippen molar-refractivity contribution >= 4 is 29.0 Å². The summed E-state index contributed by atoms with van der Waals surface area (Å²) in [7, 11) is 0. The Bertz CT molecular complexity index is 622. The van der Waals surface area contributed by atoms with E-state index in [2.05, 4.69) is 6.92 Å². The molecule has 0 spiro atoms. The van der Waals surface area contributed by atoms with E-state index in [9.17, 15) is 9.59 Å². The fourth-order valence-corrected chi connectivity index (χ4v) is 2.93. The minimum atomic E-state index is -0.389. The molecule has 2 amide bonds. The van der Waals surface area contributed by atoms with Crippen molar-refractivity contribution in [3.05, 3.63) is 34.9 Å². The van der Waals surface area contributed by atoms with E-state index in [-0.39, 0.29) is 16.8 Å². The van der Waals surface area contributed by atoms with Gasteiger partial charge in [-0.15, -0.1) is 0 Å². The molecule has 0 N–H and O–H groups in total. The summed E-state index contributed by atoms with van der Waals surface area (Å²) in [5.74, 6) is 0.0497. The third-order valence-corrected chi connectivity index (χ3v) is 4.31. The van der Waals surface area contributed by atoms with Crippen LogP contribution >= 0.6 is 11.6 Å². The van der Waals surface area contributed by atoms with E-state index in [1.165, 1.54) is 4.90 Å². The van der Waals surface area contributed by atoms with Crippen LogP contribution in [0, 0.1) is 0 Å². The first-order chi connectivity index (χ1) is 11.6. The van der Waals surface area contributed by atoms with Crippen LogP contribution in [0.1, 0.15) is 51.5 Å². The van der Waals surface area contributed by atoms with Crippen molar-refractivity contribution in [2.75, 3.05) is 13.2 Å². The fourth-order valence-electron chi connectivity index (χ4n) is 2.63. The maximum absolute atomic E-state index is 12.6. The highest BCUT2D eigenvalue weighted by atomic mass is 35.5. The van der Waals surface area contributed by atoms with Gasteiger partial charge in [-0.1, -0.05) is 56.8 Å². The average Bonchev–Trinajstić information content (AvgIpc) is 2.80. The van der Waals surface area contributed by atoms with Crippen molar-refractivity contribution in [1.82, 2.24) is 4.90 Å². The molecule has 1 aromatic carbocycles. The van der Waals surface area contributed by atoms with Gasteiger partial charge in [0, 0.05) is 6.54 Å². The molecule has 1 aliphatic heterocycles. The molecule has 4 nitrogen and oxygen atoms in total. The molecule has 0 saturated carbocycles. The van der Waals surface area contributed by atoms with Crippen LogP contribution in [-0.4, -0.2) is 29.9 Å². The van der Waals surface area contributed by atoms with Gasteiger partial charge in [-0.3, -0.25) is 14.5 Å². The number of benzene rings is 1. The number of ether oxygens (including phenoxy) is 1. The van der Waals surface area contributed by atoms with Crippen LogP contribution in [0.4, 0.5) is 0 Å². The molecule has 130 valence electrons. The van der Waals surface area contributed by atoms with E-state index < -0.39 is 0 Å². The van der Waals surface area contributed by atoms with Crippen LogP contribution in [-0.2, 0) is 9.59 Å². The van der Waals surface area contributed by atoms with Crippen molar-refractivity contribution in [3.8, 4) is 5.75 Å². The Balaban J connectivity index is 2.09. The highest BCUT2D eigenvalue weighted by molar-refractivity contribution is 6.55. The third kappa shape index (κ3) is 4.18. The van der Waals surface area contributed by atoms with Gasteiger partial charge in [-0.25, -0.2) is 0 Å². The van der Waals surface area contributed by atoms with E-state index in [1.807, 2.05) is 6.92 Å². The van der Waals surface area contributed by atoms with Crippen molar-refractivity contribution in [3.63, 3.8) is 0 Å². The van der Waals surface area contributed by atoms with Gasteiger partial charge < -0.3 is 4.74 Å². The Morgan fingerprint density at radius 3 is 2.29 bits per heavy atom. The quantitative estimate of drug-likeness (QED) is 0.491. The zero-order valence-corrected chi connectivity index (χ0v) is 15.1. The lowest BCUT2D eigenvalue weighted by molar-refractivity contribution is -0.136. The molecule has 1 aliphatic rings. The minimum Gasteiger partial charge on any atom is -0.494 e. The van der Waals surface area contributed by atoms with Gasteiger partial charge in [-0.05, 0) is 30.5 Å². The molecule has 0 bridgehead atoms. The number of carbonyl (C=O) groups is 2. The highest BCUT2D eigenvalue weighted by Crippen LogP contribution is 2.32. The van der Waals surface area contributed by atoms with Crippen LogP contribution in [0.15, 0.2) is 29.3 Å². The van der Waals surface area contributed by atoms with Crippen molar-refractivity contribution in [1.29, 1.82) is 0 Å². The second-order valence-electron chi connectivity index (χ2n) is 5.88. The molecular formula is C19H24ClNO3. The molecular weight excluding hydrogens is 326 g/mol. The Kier molecular flexibility index (Phi) is 6.85. The third-order valence-electron chi connectivity index (χ3n) is 3.96. The Hall–Kier alpha value is -1.81.